The number of pyridine rings is 1. The Labute approximate surface area is 138 Å². The number of carbonyl (C=O) groups excluding carboxylic acids is 1. The SMILES string of the molecule is COc1ccc(NC(=O)c2ccc(C(F)(F)F)nc2)cc1OC(F)F. The van der Waals surface area contributed by atoms with Crippen LogP contribution in [0.15, 0.2) is 36.5 Å². The molecule has 0 spiro atoms. The molecule has 1 aromatic carbocycles. The number of benzene rings is 1. The number of nitrogens with zero attached hydrogens (tertiary/aromatic N) is 1. The van der Waals surface area contributed by atoms with Gasteiger partial charge in [-0.15, -0.1) is 0 Å². The second-order valence-electron chi connectivity index (χ2n) is 4.63. The molecular formula is C15H11F5N2O3. The normalized spacial score (nSPS) is 11.3. The first kappa shape index (κ1) is 18.4. The van der Waals surface area contributed by atoms with Crippen LogP contribution in [-0.2, 0) is 6.18 Å². The minimum atomic E-state index is -4.62. The fraction of sp³-hybridized carbons (Fsp3) is 0.200. The van der Waals surface area contributed by atoms with Gasteiger partial charge in [-0.2, -0.15) is 22.0 Å². The zero-order valence-corrected chi connectivity index (χ0v) is 12.6. The standard InChI is InChI=1S/C15H11F5N2O3/c1-24-10-4-3-9(6-11(10)25-14(16)17)22-13(23)8-2-5-12(21-7-8)15(18,19)20/h2-7,14H,1H3,(H,22,23). The van der Waals surface area contributed by atoms with Gasteiger partial charge in [0.15, 0.2) is 11.5 Å². The number of hydrogen-bond donors (Lipinski definition) is 1. The molecule has 1 aromatic heterocycles. The van der Waals surface area contributed by atoms with Gasteiger partial charge in [0, 0.05) is 18.0 Å². The Hall–Kier alpha value is -2.91. The summed E-state index contributed by atoms with van der Waals surface area (Å²) in [5, 5.41) is 2.34. The quantitative estimate of drug-likeness (QED) is 0.818. The second kappa shape index (κ2) is 7.32. The number of halogens is 5. The molecule has 10 heteroatoms. The number of amides is 1. The Morgan fingerprint density at radius 2 is 1.88 bits per heavy atom. The highest BCUT2D eigenvalue weighted by atomic mass is 19.4. The predicted molar refractivity (Wildman–Crippen MR) is 76.8 cm³/mol. The molecule has 134 valence electrons. The molecule has 2 aromatic rings. The van der Waals surface area contributed by atoms with Crippen molar-refractivity contribution in [2.75, 3.05) is 12.4 Å². The summed E-state index contributed by atoms with van der Waals surface area (Å²) in [7, 11) is 1.25. The summed E-state index contributed by atoms with van der Waals surface area (Å²) in [4.78, 5) is 15.2. The van der Waals surface area contributed by atoms with Crippen molar-refractivity contribution in [3.8, 4) is 11.5 Å². The van der Waals surface area contributed by atoms with Crippen LogP contribution in [0.3, 0.4) is 0 Å². The van der Waals surface area contributed by atoms with E-state index in [-0.39, 0.29) is 22.7 Å². The lowest BCUT2D eigenvalue weighted by Crippen LogP contribution is -2.14. The number of rotatable bonds is 5. The van der Waals surface area contributed by atoms with Crippen LogP contribution in [0.25, 0.3) is 0 Å². The van der Waals surface area contributed by atoms with E-state index in [4.69, 9.17) is 4.74 Å². The third-order valence-corrected chi connectivity index (χ3v) is 2.95. The van der Waals surface area contributed by atoms with Gasteiger partial charge in [-0.1, -0.05) is 0 Å². The lowest BCUT2D eigenvalue weighted by molar-refractivity contribution is -0.141. The Bertz CT molecular complexity index is 748. The molecule has 0 aliphatic heterocycles. The van der Waals surface area contributed by atoms with Crippen LogP contribution in [0.5, 0.6) is 11.5 Å². The minimum absolute atomic E-state index is 0.0227. The maximum absolute atomic E-state index is 12.4. The average Bonchev–Trinajstić information content (AvgIpc) is 2.54. The lowest BCUT2D eigenvalue weighted by Gasteiger charge is -2.12. The van der Waals surface area contributed by atoms with Crippen LogP contribution in [0, 0.1) is 0 Å². The van der Waals surface area contributed by atoms with Gasteiger partial charge in [-0.05, 0) is 24.3 Å². The molecule has 0 aliphatic rings. The minimum Gasteiger partial charge on any atom is -0.493 e. The zero-order chi connectivity index (χ0) is 18.6. The van der Waals surface area contributed by atoms with Gasteiger partial charge in [-0.3, -0.25) is 9.78 Å². The van der Waals surface area contributed by atoms with Crippen LogP contribution < -0.4 is 14.8 Å². The first-order chi connectivity index (χ1) is 11.7. The fourth-order valence-corrected chi connectivity index (χ4v) is 1.84. The lowest BCUT2D eigenvalue weighted by atomic mass is 10.2. The largest absolute Gasteiger partial charge is 0.493 e. The molecule has 1 amide bonds. The molecule has 0 radical (unpaired) electrons. The van der Waals surface area contributed by atoms with Crippen LogP contribution >= 0.6 is 0 Å². The molecule has 0 atom stereocenters. The van der Waals surface area contributed by atoms with Crippen LogP contribution in [0.4, 0.5) is 27.6 Å². The number of aromatic nitrogens is 1. The van der Waals surface area contributed by atoms with Gasteiger partial charge < -0.3 is 14.8 Å². The van der Waals surface area contributed by atoms with Crippen molar-refractivity contribution in [2.24, 2.45) is 0 Å². The van der Waals surface area contributed by atoms with E-state index in [1.54, 1.807) is 0 Å². The Morgan fingerprint density at radius 3 is 2.40 bits per heavy atom. The molecule has 0 bridgehead atoms. The van der Waals surface area contributed by atoms with Crippen molar-refractivity contribution in [2.45, 2.75) is 12.8 Å². The number of hydrogen-bond acceptors (Lipinski definition) is 4. The smallest absolute Gasteiger partial charge is 0.433 e. The van der Waals surface area contributed by atoms with Crippen molar-refractivity contribution in [1.82, 2.24) is 4.98 Å². The Morgan fingerprint density at radius 1 is 1.16 bits per heavy atom. The number of ether oxygens (including phenoxy) is 2. The van der Waals surface area contributed by atoms with Crippen molar-refractivity contribution < 1.29 is 36.2 Å². The molecule has 0 unspecified atom stereocenters. The summed E-state index contributed by atoms with van der Waals surface area (Å²) in [5.41, 5.74) is -1.19. The molecule has 0 aliphatic carbocycles. The zero-order valence-electron chi connectivity index (χ0n) is 12.6. The first-order valence-corrected chi connectivity index (χ1v) is 6.68. The number of nitrogens with one attached hydrogen (secondary N) is 1. The average molecular weight is 362 g/mol. The van der Waals surface area contributed by atoms with Gasteiger partial charge in [0.2, 0.25) is 0 Å². The summed E-state index contributed by atoms with van der Waals surface area (Å²) in [6.45, 7) is -3.10. The van der Waals surface area contributed by atoms with E-state index in [0.29, 0.717) is 6.07 Å². The number of methoxy groups -OCH3 is 1. The first-order valence-electron chi connectivity index (χ1n) is 6.68. The van der Waals surface area contributed by atoms with Crippen molar-refractivity contribution in [3.63, 3.8) is 0 Å². The second-order valence-corrected chi connectivity index (χ2v) is 4.63. The Balaban J connectivity index is 2.17. The third-order valence-electron chi connectivity index (χ3n) is 2.95. The maximum Gasteiger partial charge on any atom is 0.433 e. The maximum atomic E-state index is 12.4. The van der Waals surface area contributed by atoms with Crippen molar-refractivity contribution >= 4 is 11.6 Å². The van der Waals surface area contributed by atoms with E-state index in [0.717, 1.165) is 18.3 Å². The van der Waals surface area contributed by atoms with E-state index >= 15 is 0 Å². The van der Waals surface area contributed by atoms with Gasteiger partial charge in [0.1, 0.15) is 5.69 Å². The number of alkyl halides is 5. The molecule has 0 saturated carbocycles. The molecule has 1 N–H and O–H groups in total. The van der Waals surface area contributed by atoms with E-state index in [1.165, 1.54) is 19.2 Å². The summed E-state index contributed by atoms with van der Waals surface area (Å²) in [6.07, 6.45) is -3.86. The van der Waals surface area contributed by atoms with Gasteiger partial charge in [0.05, 0.1) is 12.7 Å². The van der Waals surface area contributed by atoms with Crippen LogP contribution in [0.2, 0.25) is 0 Å². The van der Waals surface area contributed by atoms with E-state index in [9.17, 15) is 26.7 Å². The van der Waals surface area contributed by atoms with Crippen LogP contribution in [0.1, 0.15) is 16.1 Å². The van der Waals surface area contributed by atoms with Gasteiger partial charge in [0.25, 0.3) is 5.91 Å². The highest BCUT2D eigenvalue weighted by molar-refractivity contribution is 6.04. The van der Waals surface area contributed by atoms with Crippen molar-refractivity contribution in [3.05, 3.63) is 47.8 Å². The van der Waals surface area contributed by atoms with E-state index in [1.807, 2.05) is 0 Å². The fourth-order valence-electron chi connectivity index (χ4n) is 1.84. The summed E-state index contributed by atoms with van der Waals surface area (Å²) in [6, 6.07) is 5.35. The molecule has 0 fully saturated rings. The molecule has 25 heavy (non-hydrogen) atoms. The molecule has 0 saturated heterocycles. The van der Waals surface area contributed by atoms with Crippen molar-refractivity contribution in [1.29, 1.82) is 0 Å². The molecule has 1 heterocycles. The third kappa shape index (κ3) is 4.78. The summed E-state index contributed by atoms with van der Waals surface area (Å²) in [5.74, 6) is -1.05. The predicted octanol–water partition coefficient (Wildman–Crippen LogP) is 3.96. The van der Waals surface area contributed by atoms with Gasteiger partial charge >= 0.3 is 12.8 Å². The van der Waals surface area contributed by atoms with Gasteiger partial charge in [-0.25, -0.2) is 0 Å². The topological polar surface area (TPSA) is 60.5 Å². The van der Waals surface area contributed by atoms with E-state index in [2.05, 4.69) is 15.0 Å². The summed E-state index contributed by atoms with van der Waals surface area (Å²) < 4.78 is 71.2. The molecule has 5 nitrogen and oxygen atoms in total. The van der Waals surface area contributed by atoms with Crippen LogP contribution in [-0.4, -0.2) is 24.6 Å². The molecular weight excluding hydrogens is 351 g/mol. The highest BCUT2D eigenvalue weighted by Crippen LogP contribution is 2.32. The summed E-state index contributed by atoms with van der Waals surface area (Å²) >= 11 is 0. The number of carbonyl (C=O) groups is 1. The monoisotopic (exact) mass is 362 g/mol. The highest BCUT2D eigenvalue weighted by Gasteiger charge is 2.32. The van der Waals surface area contributed by atoms with E-state index < -0.39 is 24.4 Å². The Kier molecular flexibility index (Phi) is 5.40. The molecule has 2 rings (SSSR count). The number of anilines is 1.